The highest BCUT2D eigenvalue weighted by molar-refractivity contribution is 6.31. The zero-order chi connectivity index (χ0) is 18.8. The van der Waals surface area contributed by atoms with E-state index in [1.807, 2.05) is 34.9 Å². The first-order chi connectivity index (χ1) is 13.2. The number of nitrogens with zero attached hydrogens (tertiary/aromatic N) is 4. The number of rotatable bonds is 5. The van der Waals surface area contributed by atoms with Gasteiger partial charge in [0.15, 0.2) is 5.82 Å². The van der Waals surface area contributed by atoms with Crippen LogP contribution in [0.15, 0.2) is 48.5 Å². The number of carbonyl (C=O) groups is 1. The summed E-state index contributed by atoms with van der Waals surface area (Å²) in [5.41, 5.74) is 2.85. The molecule has 8 heteroatoms. The van der Waals surface area contributed by atoms with E-state index in [9.17, 15) is 4.79 Å². The van der Waals surface area contributed by atoms with Crippen LogP contribution in [0.25, 0.3) is 22.3 Å². The van der Waals surface area contributed by atoms with Gasteiger partial charge in [0, 0.05) is 28.0 Å². The number of anilines is 1. The van der Waals surface area contributed by atoms with Gasteiger partial charge >= 0.3 is 0 Å². The lowest BCUT2D eigenvalue weighted by molar-refractivity contribution is 0.101. The lowest BCUT2D eigenvalue weighted by Crippen LogP contribution is -2.17. The molecule has 0 radical (unpaired) electrons. The Morgan fingerprint density at radius 1 is 1.22 bits per heavy atom. The molecular weight excluding hydrogens is 364 g/mol. The number of tetrazole rings is 1. The van der Waals surface area contributed by atoms with E-state index in [0.717, 1.165) is 23.9 Å². The van der Waals surface area contributed by atoms with Crippen molar-refractivity contribution in [3.05, 3.63) is 59.2 Å². The predicted molar refractivity (Wildman–Crippen MR) is 105 cm³/mol. The van der Waals surface area contributed by atoms with Crippen LogP contribution >= 0.6 is 11.6 Å². The summed E-state index contributed by atoms with van der Waals surface area (Å²) >= 11 is 6.11. The summed E-state index contributed by atoms with van der Waals surface area (Å²) in [5, 5.41) is 18.3. The summed E-state index contributed by atoms with van der Waals surface area (Å²) in [6.07, 6.45) is 0.925. The van der Waals surface area contributed by atoms with E-state index in [1.54, 1.807) is 18.2 Å². The number of H-pyrrole nitrogens is 1. The fourth-order valence-electron chi connectivity index (χ4n) is 3.14. The number of fused-ring (bicyclic) bond motifs is 1. The van der Waals surface area contributed by atoms with E-state index in [2.05, 4.69) is 32.9 Å². The Bertz CT molecular complexity index is 1100. The maximum atomic E-state index is 13.1. The van der Waals surface area contributed by atoms with Crippen molar-refractivity contribution in [2.24, 2.45) is 0 Å². The van der Waals surface area contributed by atoms with Crippen LogP contribution < -0.4 is 5.32 Å². The third-order valence-corrected chi connectivity index (χ3v) is 4.56. The number of benzene rings is 2. The average Bonchev–Trinajstić information content (AvgIpc) is 3.32. The second kappa shape index (κ2) is 7.20. The van der Waals surface area contributed by atoms with Gasteiger partial charge in [0.05, 0.1) is 5.69 Å². The van der Waals surface area contributed by atoms with Crippen LogP contribution in [0.2, 0.25) is 5.02 Å². The summed E-state index contributed by atoms with van der Waals surface area (Å²) < 4.78 is 2.04. The fourth-order valence-corrected chi connectivity index (χ4v) is 3.32. The molecule has 27 heavy (non-hydrogen) atoms. The summed E-state index contributed by atoms with van der Waals surface area (Å²) in [6.45, 7) is 2.85. The van der Waals surface area contributed by atoms with Gasteiger partial charge in [-0.1, -0.05) is 36.7 Å². The van der Waals surface area contributed by atoms with Crippen molar-refractivity contribution in [2.75, 3.05) is 5.32 Å². The zero-order valence-electron chi connectivity index (χ0n) is 14.6. The molecular formula is C19H17ClN6O. The van der Waals surface area contributed by atoms with Crippen molar-refractivity contribution in [2.45, 2.75) is 19.9 Å². The Morgan fingerprint density at radius 2 is 2.07 bits per heavy atom. The minimum Gasteiger partial charge on any atom is -0.337 e. The number of halogens is 1. The van der Waals surface area contributed by atoms with E-state index in [-0.39, 0.29) is 5.91 Å². The zero-order valence-corrected chi connectivity index (χ0v) is 15.4. The SMILES string of the molecule is CCCn1c(C(=O)Nc2ccc(Cl)cc2-c2nnn[nH]2)cc2ccccc21. The summed E-state index contributed by atoms with van der Waals surface area (Å²) in [5.74, 6) is 0.234. The third kappa shape index (κ3) is 3.29. The summed E-state index contributed by atoms with van der Waals surface area (Å²) in [4.78, 5) is 13.1. The van der Waals surface area contributed by atoms with E-state index >= 15 is 0 Å². The Hall–Kier alpha value is -3.19. The highest BCUT2D eigenvalue weighted by Crippen LogP contribution is 2.29. The van der Waals surface area contributed by atoms with Crippen LogP contribution in [-0.2, 0) is 6.54 Å². The van der Waals surface area contributed by atoms with Crippen molar-refractivity contribution in [1.82, 2.24) is 25.2 Å². The molecule has 0 aliphatic heterocycles. The van der Waals surface area contributed by atoms with Crippen LogP contribution in [0.4, 0.5) is 5.69 Å². The van der Waals surface area contributed by atoms with E-state index in [0.29, 0.717) is 27.8 Å². The van der Waals surface area contributed by atoms with Crippen molar-refractivity contribution in [3.63, 3.8) is 0 Å². The molecule has 0 atom stereocenters. The van der Waals surface area contributed by atoms with Gasteiger partial charge < -0.3 is 9.88 Å². The van der Waals surface area contributed by atoms with Crippen molar-refractivity contribution >= 4 is 34.1 Å². The monoisotopic (exact) mass is 380 g/mol. The van der Waals surface area contributed by atoms with Gasteiger partial charge in [0.25, 0.3) is 5.91 Å². The maximum Gasteiger partial charge on any atom is 0.272 e. The number of aromatic nitrogens is 5. The van der Waals surface area contributed by atoms with Gasteiger partial charge in [-0.3, -0.25) is 4.79 Å². The highest BCUT2D eigenvalue weighted by Gasteiger charge is 2.18. The number of hydrogen-bond donors (Lipinski definition) is 2. The molecule has 4 aromatic rings. The van der Waals surface area contributed by atoms with Crippen molar-refractivity contribution in [1.29, 1.82) is 0 Å². The number of nitrogens with one attached hydrogen (secondary N) is 2. The first-order valence-electron chi connectivity index (χ1n) is 8.60. The van der Waals surface area contributed by atoms with Crippen LogP contribution in [-0.4, -0.2) is 31.1 Å². The largest absolute Gasteiger partial charge is 0.337 e. The van der Waals surface area contributed by atoms with Crippen LogP contribution in [0.1, 0.15) is 23.8 Å². The first kappa shape index (κ1) is 17.2. The second-order valence-electron chi connectivity index (χ2n) is 6.13. The van der Waals surface area contributed by atoms with Gasteiger partial charge in [0.2, 0.25) is 0 Å². The van der Waals surface area contributed by atoms with Crippen molar-refractivity contribution in [3.8, 4) is 11.4 Å². The second-order valence-corrected chi connectivity index (χ2v) is 6.57. The summed E-state index contributed by atoms with van der Waals surface area (Å²) in [6, 6.07) is 15.0. The number of aryl methyl sites for hydroxylation is 1. The van der Waals surface area contributed by atoms with Crippen LogP contribution in [0, 0.1) is 0 Å². The normalized spacial score (nSPS) is 11.0. The molecule has 1 amide bonds. The molecule has 0 bridgehead atoms. The van der Waals surface area contributed by atoms with Crippen LogP contribution in [0.3, 0.4) is 0 Å². The van der Waals surface area contributed by atoms with Gasteiger partial charge in [-0.2, -0.15) is 0 Å². The Labute approximate surface area is 160 Å². The van der Waals surface area contributed by atoms with Gasteiger partial charge in [-0.25, -0.2) is 5.10 Å². The highest BCUT2D eigenvalue weighted by atomic mass is 35.5. The molecule has 2 heterocycles. The molecule has 0 unspecified atom stereocenters. The molecule has 0 aliphatic carbocycles. The van der Waals surface area contributed by atoms with E-state index < -0.39 is 0 Å². The standard InChI is InChI=1S/C19H17ClN6O/c1-2-9-26-16-6-4-3-5-12(16)10-17(26)19(27)21-15-8-7-13(20)11-14(15)18-22-24-25-23-18/h3-8,10-11H,2,9H2,1H3,(H,21,27)(H,22,23,24,25). The predicted octanol–water partition coefficient (Wildman–Crippen LogP) is 4.14. The number of hydrogen-bond acceptors (Lipinski definition) is 4. The summed E-state index contributed by atoms with van der Waals surface area (Å²) in [7, 11) is 0. The molecule has 0 saturated carbocycles. The molecule has 0 saturated heterocycles. The topological polar surface area (TPSA) is 88.5 Å². The maximum absolute atomic E-state index is 13.1. The fraction of sp³-hybridized carbons (Fsp3) is 0.158. The number of para-hydroxylation sites is 1. The van der Waals surface area contributed by atoms with Gasteiger partial charge in [-0.15, -0.1) is 5.10 Å². The van der Waals surface area contributed by atoms with Gasteiger partial charge in [0.1, 0.15) is 5.69 Å². The minimum atomic E-state index is -0.198. The molecule has 136 valence electrons. The quantitative estimate of drug-likeness (QED) is 0.544. The lowest BCUT2D eigenvalue weighted by Gasteiger charge is -2.12. The minimum absolute atomic E-state index is 0.198. The third-order valence-electron chi connectivity index (χ3n) is 4.32. The molecule has 7 nitrogen and oxygen atoms in total. The average molecular weight is 381 g/mol. The number of amides is 1. The number of carbonyl (C=O) groups excluding carboxylic acids is 1. The Balaban J connectivity index is 1.74. The molecule has 0 fully saturated rings. The molecule has 0 aliphatic rings. The smallest absolute Gasteiger partial charge is 0.272 e. The Kier molecular flexibility index (Phi) is 4.60. The Morgan fingerprint density at radius 3 is 2.85 bits per heavy atom. The van der Waals surface area contributed by atoms with Crippen molar-refractivity contribution < 1.29 is 4.79 Å². The first-order valence-corrected chi connectivity index (χ1v) is 8.98. The molecule has 2 aromatic carbocycles. The number of aromatic amines is 1. The molecule has 2 N–H and O–H groups in total. The molecule has 4 rings (SSSR count). The molecule has 2 aromatic heterocycles. The van der Waals surface area contributed by atoms with E-state index in [1.165, 1.54) is 0 Å². The lowest BCUT2D eigenvalue weighted by atomic mass is 10.1. The van der Waals surface area contributed by atoms with Crippen LogP contribution in [0.5, 0.6) is 0 Å². The molecule has 0 spiro atoms. The van der Waals surface area contributed by atoms with E-state index in [4.69, 9.17) is 11.6 Å². The van der Waals surface area contributed by atoms with Gasteiger partial charge in [-0.05, 0) is 47.2 Å².